The number of nitrogens with two attached hydrogens (primary N) is 1. The largest absolute Gasteiger partial charge is 0.477 e. The number of hydrogen-bond donors (Lipinski definition) is 6. The first-order valence-corrected chi connectivity index (χ1v) is 26.7. The number of nitro groups is 3. The molecule has 4 aliphatic heterocycles. The topological polar surface area (TPSA) is 401 Å². The second-order valence-corrected chi connectivity index (χ2v) is 21.9. The van der Waals surface area contributed by atoms with Crippen molar-refractivity contribution in [3.8, 4) is 0 Å². The summed E-state index contributed by atoms with van der Waals surface area (Å²) in [6.45, 7) is 2.14. The summed E-state index contributed by atoms with van der Waals surface area (Å²) in [4.78, 5) is 133. The number of fused-ring (bicyclic) bond motifs is 1. The fourth-order valence-corrected chi connectivity index (χ4v) is 12.8. The number of nitro benzene ring substituents is 3. The van der Waals surface area contributed by atoms with Crippen LogP contribution in [0.2, 0.25) is 0 Å². The number of ether oxygens (including phenoxy) is 3. The number of aliphatic carboxylic acids is 1. The zero-order valence-electron chi connectivity index (χ0n) is 43.7. The molecule has 4 fully saturated rings. The van der Waals surface area contributed by atoms with Crippen LogP contribution in [0.5, 0.6) is 0 Å². The lowest BCUT2D eigenvalue weighted by Gasteiger charge is -2.46. The van der Waals surface area contributed by atoms with Crippen molar-refractivity contribution in [1.82, 2.24) is 25.3 Å². The molecule has 0 unspecified atom stereocenters. The lowest BCUT2D eigenvalue weighted by molar-refractivity contribution is -0.385. The van der Waals surface area contributed by atoms with E-state index in [4.69, 9.17) is 25.4 Å². The molecule has 7 atom stereocenters. The summed E-state index contributed by atoms with van der Waals surface area (Å²) in [5, 5.41) is 67.4. The number of amides is 4. The zero-order valence-corrected chi connectivity index (χ0v) is 44.5. The van der Waals surface area contributed by atoms with Crippen LogP contribution in [0.15, 0.2) is 83.4 Å². The Balaban J connectivity index is 0.937. The molecule has 1 saturated carbocycles. The van der Waals surface area contributed by atoms with Crippen LogP contribution in [0, 0.1) is 59.4 Å². The van der Waals surface area contributed by atoms with E-state index < -0.39 is 128 Å². The summed E-state index contributed by atoms with van der Waals surface area (Å²) in [7, 11) is 0. The van der Waals surface area contributed by atoms with Crippen LogP contribution in [0.25, 0.3) is 0 Å². The predicted molar refractivity (Wildman–Crippen MR) is 282 cm³/mol. The van der Waals surface area contributed by atoms with Gasteiger partial charge in [0.05, 0.1) is 32.8 Å². The van der Waals surface area contributed by atoms with Crippen molar-refractivity contribution < 1.29 is 72.8 Å². The van der Waals surface area contributed by atoms with Crippen molar-refractivity contribution >= 4 is 76.5 Å². The normalized spacial score (nSPS) is 23.6. The quantitative estimate of drug-likeness (QED) is 0.0137. The molecule has 8 rings (SSSR count). The first kappa shape index (κ1) is 58.4. The number of likely N-dealkylation sites (tertiary alicyclic amines) is 2. The summed E-state index contributed by atoms with van der Waals surface area (Å²) in [5.74, 6) is -8.88. The van der Waals surface area contributed by atoms with Gasteiger partial charge >= 0.3 is 24.0 Å². The van der Waals surface area contributed by atoms with E-state index in [2.05, 4.69) is 10.6 Å². The van der Waals surface area contributed by atoms with Gasteiger partial charge in [-0.3, -0.25) is 55.0 Å². The summed E-state index contributed by atoms with van der Waals surface area (Å²) in [5.41, 5.74) is 3.59. The smallest absolute Gasteiger partial charge is 0.410 e. The van der Waals surface area contributed by atoms with Crippen molar-refractivity contribution in [3.63, 3.8) is 0 Å². The van der Waals surface area contributed by atoms with Gasteiger partial charge in [-0.15, -0.1) is 11.8 Å². The van der Waals surface area contributed by atoms with Gasteiger partial charge < -0.3 is 50.6 Å². The molecule has 29 heteroatoms. The monoisotopic (exact) mass is 1140 g/mol. The van der Waals surface area contributed by atoms with Gasteiger partial charge in [0.1, 0.15) is 31.6 Å². The summed E-state index contributed by atoms with van der Waals surface area (Å²) in [6, 6.07) is 13.3. The van der Waals surface area contributed by atoms with Crippen LogP contribution in [0.4, 0.5) is 21.9 Å². The van der Waals surface area contributed by atoms with Gasteiger partial charge in [0, 0.05) is 90.0 Å². The van der Waals surface area contributed by atoms with Crippen LogP contribution < -0.4 is 16.4 Å². The van der Waals surface area contributed by atoms with Gasteiger partial charge in [-0.1, -0.05) is 6.92 Å². The van der Waals surface area contributed by atoms with Gasteiger partial charge in [-0.25, -0.2) is 19.2 Å². The van der Waals surface area contributed by atoms with E-state index in [1.807, 2.05) is 0 Å². The summed E-state index contributed by atoms with van der Waals surface area (Å²) < 4.78 is 16.9. The maximum Gasteiger partial charge on any atom is 0.410 e. The van der Waals surface area contributed by atoms with Gasteiger partial charge in [0.2, 0.25) is 23.3 Å². The molecule has 430 valence electrons. The molecule has 3 aromatic rings. The van der Waals surface area contributed by atoms with E-state index in [1.165, 1.54) is 94.4 Å². The third-order valence-corrected chi connectivity index (χ3v) is 17.0. The first-order chi connectivity index (χ1) is 38.5. The number of carbonyl (C=O) groups is 7. The molecule has 4 heterocycles. The number of rotatable bonds is 20. The number of thioether (sulfide) groups is 1. The Kier molecular flexibility index (Phi) is 17.5. The van der Waals surface area contributed by atoms with E-state index in [0.717, 1.165) is 11.8 Å². The lowest BCUT2D eigenvalue weighted by Crippen LogP contribution is -2.67. The molecule has 3 saturated heterocycles. The molecule has 28 nitrogen and oxygen atoms in total. The van der Waals surface area contributed by atoms with Crippen LogP contribution in [0.1, 0.15) is 69.1 Å². The van der Waals surface area contributed by atoms with E-state index >= 15 is 0 Å². The van der Waals surface area contributed by atoms with Crippen molar-refractivity contribution in [2.24, 2.45) is 29.4 Å². The minimum absolute atomic E-state index is 0.0175. The highest BCUT2D eigenvalue weighted by Crippen LogP contribution is 2.52. The van der Waals surface area contributed by atoms with Crippen LogP contribution in [-0.4, -0.2) is 142 Å². The van der Waals surface area contributed by atoms with Crippen LogP contribution >= 0.6 is 11.8 Å². The maximum absolute atomic E-state index is 14.6. The first-order valence-electron chi connectivity index (χ1n) is 25.8. The van der Waals surface area contributed by atoms with Crippen molar-refractivity contribution in [2.45, 2.75) is 107 Å². The minimum atomic E-state index is -2.45. The molecule has 0 aromatic heterocycles. The molecule has 3 aromatic carbocycles. The van der Waals surface area contributed by atoms with Crippen molar-refractivity contribution in [1.29, 1.82) is 5.41 Å². The molecule has 4 amide bonds. The number of nitrogens with zero attached hydrogens (tertiary/aromatic N) is 6. The number of carboxylic acid groups (broad SMARTS) is 1. The lowest BCUT2D eigenvalue weighted by atomic mass is 9.71. The Morgan fingerprint density at radius 3 is 1.74 bits per heavy atom. The van der Waals surface area contributed by atoms with Gasteiger partial charge in [0.25, 0.3) is 17.1 Å². The summed E-state index contributed by atoms with van der Waals surface area (Å²) in [6.07, 6.45) is -1.30. The molecule has 1 aliphatic carbocycles. The Hall–Kier alpha value is -8.73. The molecule has 81 heavy (non-hydrogen) atoms. The number of benzene rings is 3. The van der Waals surface area contributed by atoms with E-state index in [1.54, 1.807) is 6.92 Å². The van der Waals surface area contributed by atoms with Gasteiger partial charge in [-0.2, -0.15) is 0 Å². The highest BCUT2D eigenvalue weighted by atomic mass is 32.2. The third kappa shape index (κ3) is 12.4. The number of hydrogen-bond acceptors (Lipinski definition) is 19. The number of aliphatic hydroxyl groups is 1. The Bertz CT molecular complexity index is 2970. The molecular weight excluding hydrogens is 1080 g/mol. The van der Waals surface area contributed by atoms with Crippen molar-refractivity contribution in [2.75, 3.05) is 19.6 Å². The average Bonchev–Trinajstić information content (AvgIpc) is 2.41. The second kappa shape index (κ2) is 24.3. The Morgan fingerprint density at radius 2 is 1.28 bits per heavy atom. The predicted octanol–water partition coefficient (Wildman–Crippen LogP) is 3.61. The maximum atomic E-state index is 14.6. The Morgan fingerprint density at radius 1 is 0.790 bits per heavy atom. The third-order valence-electron chi connectivity index (χ3n) is 15.5. The average molecular weight is 1140 g/mol. The SMILES string of the molecule is C[C@@H](O)[C@H]1C(=O)N2C(C(=O)O)=C(S[C@H]3C[C@@H](C(=O)N4CC[C@H](NC(=O)C5CCC(C(NC(=N)N)(C(=O)OCc6ccc([N+](=O)[O-])cc6)C(=O)OCc6ccc([N+](=O)[O-])cc6)CC5)C4)N(C(=O)OCc4ccc([N+](=O)[O-])cc4)C3)[C@H](C)[C@H]12. The molecule has 0 radical (unpaired) electrons. The van der Waals surface area contributed by atoms with E-state index in [0.29, 0.717) is 28.0 Å². The number of carbonyl (C=O) groups excluding carboxylic acids is 6. The van der Waals surface area contributed by atoms with Crippen LogP contribution in [0.3, 0.4) is 0 Å². The van der Waals surface area contributed by atoms with Gasteiger partial charge in [0.15, 0.2) is 5.96 Å². The standard InChI is InChI=1S/C52H58N10O18S/c1-27-41-40(28(2)63)46(66)59(41)42(47(67)68)43(27)81-38-21-39(58(23-38)51(71)80-26-31-7-17-37(18-8-31)62(76)77)45(65)57-20-19-34(22-57)55-44(64)32-9-11-33(12-10-32)52(56-50(53)54,48(69)78-24-29-3-13-35(14-4-29)60(72)73)49(70)79-25-30-5-15-36(16-6-30)61(74)75/h3-8,13-18,27-28,32-34,38-41,63H,9-12,19-26H2,1-2H3,(H,55,64)(H,67,68)(H4,53,54,56)/t27-,28-,32?,33?,34+,38+,39+,40-,41-/m1/s1. The second-order valence-electron chi connectivity index (χ2n) is 20.6. The molecule has 5 aliphatic rings. The van der Waals surface area contributed by atoms with E-state index in [9.17, 15) is 74.1 Å². The molecule has 0 spiro atoms. The fraction of sp³-hybridized carbons (Fsp3) is 0.462. The number of esters is 2. The number of non-ortho nitro benzene ring substituents is 3. The number of nitrogens with one attached hydrogen (secondary N) is 3. The number of β-lactam (4-membered cyclic amide) rings is 1. The van der Waals surface area contributed by atoms with Crippen molar-refractivity contribution in [3.05, 3.63) is 130 Å². The highest BCUT2D eigenvalue weighted by molar-refractivity contribution is 8.03. The Labute approximate surface area is 465 Å². The highest BCUT2D eigenvalue weighted by Gasteiger charge is 2.61. The zero-order chi connectivity index (χ0) is 58.6. The number of aliphatic hydroxyl groups excluding tert-OH is 1. The molecular formula is C52H58N10O18S. The number of carboxylic acids is 1. The van der Waals surface area contributed by atoms with Gasteiger partial charge in [-0.05, 0) is 98.5 Å². The number of guanidine groups is 1. The fourth-order valence-electron chi connectivity index (χ4n) is 11.3. The summed E-state index contributed by atoms with van der Waals surface area (Å²) >= 11 is 1.14. The molecule has 7 N–H and O–H groups in total. The molecule has 0 bridgehead atoms. The van der Waals surface area contributed by atoms with E-state index in [-0.39, 0.29) is 87.0 Å². The van der Waals surface area contributed by atoms with Crippen LogP contribution in [-0.2, 0) is 62.8 Å². The minimum Gasteiger partial charge on any atom is -0.477 e.